The molecule has 0 radical (unpaired) electrons. The topological polar surface area (TPSA) is 159 Å². The van der Waals surface area contributed by atoms with Crippen molar-refractivity contribution in [3.8, 4) is 34.1 Å². The first kappa shape index (κ1) is 42.3. The van der Waals surface area contributed by atoms with Crippen molar-refractivity contribution in [2.45, 2.75) is 84.3 Å². The molecule has 1 fully saturated rings. The molecule has 2 aliphatic heterocycles. The first-order valence-electron chi connectivity index (χ1n) is 18.9. The van der Waals surface area contributed by atoms with Crippen molar-refractivity contribution in [3.05, 3.63) is 92.5 Å². The van der Waals surface area contributed by atoms with Crippen LogP contribution in [-0.4, -0.2) is 73.3 Å². The van der Waals surface area contributed by atoms with Crippen LogP contribution in [0.25, 0.3) is 28.2 Å². The molecule has 0 unspecified atom stereocenters. The van der Waals surface area contributed by atoms with Gasteiger partial charge in [0.05, 0.1) is 25.6 Å². The second-order valence-electron chi connectivity index (χ2n) is 13.4. The van der Waals surface area contributed by atoms with E-state index in [2.05, 4.69) is 28.0 Å². The Labute approximate surface area is 336 Å². The molecule has 300 valence electrons. The first-order valence-corrected chi connectivity index (χ1v) is 19.7. The molecule has 2 aromatic carbocycles. The van der Waals surface area contributed by atoms with Crippen LogP contribution in [0.1, 0.15) is 69.8 Å². The number of carbonyl (C=O) groups excluding carboxylic acids is 2. The van der Waals surface area contributed by atoms with E-state index in [1.807, 2.05) is 55.5 Å². The van der Waals surface area contributed by atoms with Crippen molar-refractivity contribution in [1.82, 2.24) is 39.8 Å². The van der Waals surface area contributed by atoms with Crippen molar-refractivity contribution >= 4 is 35.1 Å². The number of ether oxygens (including phenoxy) is 2. The summed E-state index contributed by atoms with van der Waals surface area (Å²) in [6.07, 6.45) is 7.73. The number of aromatic nitrogens is 6. The number of halogens is 2. The molecule has 2 aliphatic rings. The van der Waals surface area contributed by atoms with Crippen LogP contribution in [0.3, 0.4) is 0 Å². The summed E-state index contributed by atoms with van der Waals surface area (Å²) >= 11 is 11.9. The van der Waals surface area contributed by atoms with Crippen LogP contribution in [0.15, 0.2) is 65.5 Å². The number of esters is 2. The SMILES string of the molecule is C1CCNNC1.CCCc1cc(-c2ccc(Cl)cc2)nn1-c1c(O)n2n(c1=O)CCCC2.CCCc1cc(-c2ccc(Cl)cc2)nn1C(C(=O)OC)C(=O)OC. The summed E-state index contributed by atoms with van der Waals surface area (Å²) in [6, 6.07) is 17.2. The van der Waals surface area contributed by atoms with E-state index >= 15 is 0 Å². The zero-order chi connectivity index (χ0) is 40.2. The fourth-order valence-electron chi connectivity index (χ4n) is 6.51. The van der Waals surface area contributed by atoms with Crippen LogP contribution in [0, 0.1) is 0 Å². The van der Waals surface area contributed by atoms with Gasteiger partial charge in [-0.05, 0) is 74.9 Å². The van der Waals surface area contributed by atoms with Crippen LogP contribution < -0.4 is 16.4 Å². The van der Waals surface area contributed by atoms with Crippen molar-refractivity contribution < 1.29 is 24.2 Å². The van der Waals surface area contributed by atoms with Crippen molar-refractivity contribution in [3.63, 3.8) is 0 Å². The largest absolute Gasteiger partial charge is 0.492 e. The predicted molar refractivity (Wildman–Crippen MR) is 216 cm³/mol. The molecule has 7 rings (SSSR count). The lowest BCUT2D eigenvalue weighted by atomic mass is 10.1. The predicted octanol–water partition coefficient (Wildman–Crippen LogP) is 6.53. The molecule has 5 heterocycles. The van der Waals surface area contributed by atoms with Crippen LogP contribution in [-0.2, 0) is 45.0 Å². The molecule has 5 aromatic rings. The Kier molecular flexibility index (Phi) is 15.3. The highest BCUT2D eigenvalue weighted by Gasteiger charge is 2.33. The highest BCUT2D eigenvalue weighted by Crippen LogP contribution is 2.28. The average Bonchev–Trinajstić information content (AvgIpc) is 3.90. The van der Waals surface area contributed by atoms with Crippen LogP contribution in [0.4, 0.5) is 0 Å². The Bertz CT molecular complexity index is 2090. The van der Waals surface area contributed by atoms with E-state index in [9.17, 15) is 19.5 Å². The van der Waals surface area contributed by atoms with Gasteiger partial charge in [-0.25, -0.2) is 28.3 Å². The van der Waals surface area contributed by atoms with Gasteiger partial charge in [-0.2, -0.15) is 10.2 Å². The Morgan fingerprint density at radius 2 is 1.23 bits per heavy atom. The number of carbonyl (C=O) groups is 2. The molecule has 0 saturated carbocycles. The number of rotatable bonds is 10. The molecule has 3 N–H and O–H groups in total. The number of hydrogen-bond donors (Lipinski definition) is 3. The maximum absolute atomic E-state index is 12.9. The third-order valence-corrected chi connectivity index (χ3v) is 9.85. The molecule has 14 nitrogen and oxygen atoms in total. The fourth-order valence-corrected chi connectivity index (χ4v) is 6.77. The van der Waals surface area contributed by atoms with Gasteiger partial charge in [-0.3, -0.25) is 15.6 Å². The van der Waals surface area contributed by atoms with Crippen molar-refractivity contribution in [2.24, 2.45) is 0 Å². The zero-order valence-electron chi connectivity index (χ0n) is 32.3. The van der Waals surface area contributed by atoms with Gasteiger partial charge in [-0.1, -0.05) is 74.2 Å². The lowest BCUT2D eigenvalue weighted by Crippen LogP contribution is -2.37. The van der Waals surface area contributed by atoms with Gasteiger partial charge >= 0.3 is 11.9 Å². The van der Waals surface area contributed by atoms with E-state index in [-0.39, 0.29) is 17.1 Å². The van der Waals surface area contributed by atoms with Gasteiger partial charge in [0, 0.05) is 58.7 Å². The summed E-state index contributed by atoms with van der Waals surface area (Å²) in [7, 11) is 2.45. The number of aromatic hydroxyl groups is 1. The Balaban J connectivity index is 0.000000187. The van der Waals surface area contributed by atoms with E-state index in [4.69, 9.17) is 32.7 Å². The highest BCUT2D eigenvalue weighted by atomic mass is 35.5. The standard InChI is InChI=1S/C19H21ClN4O2.C17H19ClN2O4.C4H10N2/c1-2-5-15-12-16(13-6-8-14(20)9-7-13)21-24(15)17-18(25)22-10-3-4-11-23(22)19(17)26;1-4-5-13-10-14(11-6-8-12(18)9-7-11)19-20(13)15(16(21)23-2)17(22)24-3;1-2-4-6-5-3-1/h6-9,12,25H,2-5,10-11H2,1H3;6-10,15H,4-5H2,1-3H3;5-6H,1-4H2. The number of aryl methyl sites for hydroxylation is 2. The molecule has 0 aliphatic carbocycles. The summed E-state index contributed by atoms with van der Waals surface area (Å²) < 4.78 is 15.8. The van der Waals surface area contributed by atoms with Gasteiger partial charge < -0.3 is 14.6 Å². The summed E-state index contributed by atoms with van der Waals surface area (Å²) in [5, 5.41) is 21.1. The van der Waals surface area contributed by atoms with Gasteiger partial charge in [0.2, 0.25) is 11.9 Å². The van der Waals surface area contributed by atoms with Crippen molar-refractivity contribution in [1.29, 1.82) is 0 Å². The smallest absolute Gasteiger partial charge is 0.342 e. The minimum Gasteiger partial charge on any atom is -0.492 e. The Hall–Kier alpha value is -4.89. The molecule has 0 spiro atoms. The van der Waals surface area contributed by atoms with E-state index in [0.29, 0.717) is 35.2 Å². The van der Waals surface area contributed by atoms with E-state index in [0.717, 1.165) is 73.4 Å². The van der Waals surface area contributed by atoms with Crippen LogP contribution in [0.5, 0.6) is 5.88 Å². The zero-order valence-corrected chi connectivity index (χ0v) is 33.8. The number of benzene rings is 2. The molecule has 0 bridgehead atoms. The normalized spacial score (nSPS) is 13.6. The van der Waals surface area contributed by atoms with Gasteiger partial charge in [-0.15, -0.1) is 0 Å². The number of fused-ring (bicyclic) bond motifs is 1. The second-order valence-corrected chi connectivity index (χ2v) is 14.2. The third kappa shape index (κ3) is 10.1. The summed E-state index contributed by atoms with van der Waals surface area (Å²) in [4.78, 5) is 37.0. The summed E-state index contributed by atoms with van der Waals surface area (Å²) in [5.41, 5.74) is 11.0. The lowest BCUT2D eigenvalue weighted by Gasteiger charge is -2.16. The molecular formula is C40H50Cl2N8O6. The van der Waals surface area contributed by atoms with E-state index in [1.54, 1.807) is 26.2 Å². The number of nitrogens with zero attached hydrogens (tertiary/aromatic N) is 6. The van der Waals surface area contributed by atoms with Gasteiger partial charge in [0.15, 0.2) is 5.69 Å². The minimum atomic E-state index is -1.26. The molecule has 0 atom stereocenters. The molecule has 1 saturated heterocycles. The monoisotopic (exact) mass is 808 g/mol. The molecule has 56 heavy (non-hydrogen) atoms. The van der Waals surface area contributed by atoms with Gasteiger partial charge in [0.1, 0.15) is 0 Å². The maximum atomic E-state index is 12.9. The first-order chi connectivity index (χ1) is 27.1. The number of methoxy groups -OCH3 is 2. The lowest BCUT2D eigenvalue weighted by molar-refractivity contribution is -0.158. The van der Waals surface area contributed by atoms with E-state index < -0.39 is 18.0 Å². The number of hydrogen-bond acceptors (Lipinski definition) is 10. The van der Waals surface area contributed by atoms with E-state index in [1.165, 1.54) is 31.7 Å². The maximum Gasteiger partial charge on any atom is 0.342 e. The van der Waals surface area contributed by atoms with Crippen LogP contribution >= 0.6 is 23.2 Å². The van der Waals surface area contributed by atoms with Crippen LogP contribution in [0.2, 0.25) is 10.0 Å². The fraction of sp³-hybridized carbons (Fsp3) is 0.425. The van der Waals surface area contributed by atoms with Crippen molar-refractivity contribution in [2.75, 3.05) is 27.3 Å². The molecule has 3 aromatic heterocycles. The Morgan fingerprint density at radius 1 is 0.750 bits per heavy atom. The highest BCUT2D eigenvalue weighted by molar-refractivity contribution is 6.30. The summed E-state index contributed by atoms with van der Waals surface area (Å²) in [6.45, 7) is 7.64. The molecule has 0 amide bonds. The minimum absolute atomic E-state index is 0.00203. The average molecular weight is 810 g/mol. The van der Waals surface area contributed by atoms with Gasteiger partial charge in [0.25, 0.3) is 5.56 Å². The number of nitrogens with one attached hydrogen (secondary N) is 2. The second kappa shape index (κ2) is 20.3. The Morgan fingerprint density at radius 3 is 1.70 bits per heavy atom. The number of hydrazine groups is 1. The quantitative estimate of drug-likeness (QED) is 0.105. The molecular weight excluding hydrogens is 759 g/mol. The third-order valence-electron chi connectivity index (χ3n) is 9.35. The summed E-state index contributed by atoms with van der Waals surface area (Å²) in [5.74, 6) is -1.44. The molecule has 16 heteroatoms.